The number of hydrogen-bond donors (Lipinski definition) is 1. The Labute approximate surface area is 187 Å². The highest BCUT2D eigenvalue weighted by atomic mass is 16.5. The van der Waals surface area contributed by atoms with Gasteiger partial charge in [-0.2, -0.15) is 5.10 Å². The van der Waals surface area contributed by atoms with E-state index in [9.17, 15) is 4.79 Å². The fourth-order valence-corrected chi connectivity index (χ4v) is 3.65. The summed E-state index contributed by atoms with van der Waals surface area (Å²) in [5, 5.41) is 5.38. The highest BCUT2D eigenvalue weighted by Gasteiger charge is 2.09. The molecule has 0 saturated carbocycles. The number of nitrogens with one attached hydrogen (secondary N) is 1. The van der Waals surface area contributed by atoms with Crippen molar-refractivity contribution in [1.82, 2.24) is 19.7 Å². The maximum atomic E-state index is 12.0. The van der Waals surface area contributed by atoms with Crippen molar-refractivity contribution in [1.29, 1.82) is 0 Å². The minimum Gasteiger partial charge on any atom is -0.456 e. The second kappa shape index (κ2) is 10.3. The van der Waals surface area contributed by atoms with Crippen LogP contribution < -0.4 is 10.3 Å². The second-order valence-corrected chi connectivity index (χ2v) is 7.59. The van der Waals surface area contributed by atoms with Crippen molar-refractivity contribution in [3.8, 4) is 22.6 Å². The Hall–Kier alpha value is -3.42. The first-order chi connectivity index (χ1) is 15.7. The number of rotatable bonds is 10. The summed E-state index contributed by atoms with van der Waals surface area (Å²) in [6.45, 7) is 6.50. The Kier molecular flexibility index (Phi) is 6.99. The number of aromatic nitrogens is 3. The van der Waals surface area contributed by atoms with Gasteiger partial charge in [0.2, 0.25) is 0 Å². The normalized spacial score (nSPS) is 11.3. The Morgan fingerprint density at radius 1 is 1.06 bits per heavy atom. The lowest BCUT2D eigenvalue weighted by molar-refractivity contribution is 0.148. The molecule has 0 saturated heterocycles. The number of aromatic amines is 1. The van der Waals surface area contributed by atoms with E-state index in [1.165, 1.54) is 6.07 Å². The van der Waals surface area contributed by atoms with Crippen molar-refractivity contribution >= 4 is 10.9 Å². The minimum atomic E-state index is -0.192. The van der Waals surface area contributed by atoms with Gasteiger partial charge in [-0.3, -0.25) is 14.4 Å². The summed E-state index contributed by atoms with van der Waals surface area (Å²) >= 11 is 0. The van der Waals surface area contributed by atoms with Gasteiger partial charge in [0, 0.05) is 43.4 Å². The fraction of sp³-hybridized carbons (Fsp3) is 0.280. The summed E-state index contributed by atoms with van der Waals surface area (Å²) in [4.78, 5) is 17.2. The largest absolute Gasteiger partial charge is 0.456 e. The van der Waals surface area contributed by atoms with Gasteiger partial charge >= 0.3 is 0 Å². The number of fused-ring (bicyclic) bond motifs is 1. The standard InChI is InChI=1S/C25H28N4O3/c1-3-28(13-14-31-2)11-12-29-18-20(17-26-29)19-7-6-8-21(15-19)32-24-16-25(30)27-23-10-5-4-9-22(23)24/h4-10,15-18H,3,11-14H2,1-2H3,(H,27,30). The van der Waals surface area contributed by atoms with E-state index in [-0.39, 0.29) is 5.56 Å². The van der Waals surface area contributed by atoms with E-state index in [4.69, 9.17) is 9.47 Å². The summed E-state index contributed by atoms with van der Waals surface area (Å²) in [5.74, 6) is 1.20. The van der Waals surface area contributed by atoms with Crippen LogP contribution in [0.3, 0.4) is 0 Å². The molecule has 0 radical (unpaired) electrons. The number of para-hydroxylation sites is 1. The molecular formula is C25H28N4O3. The molecular weight excluding hydrogens is 404 g/mol. The van der Waals surface area contributed by atoms with Gasteiger partial charge in [-0.05, 0) is 36.4 Å². The maximum absolute atomic E-state index is 12.0. The van der Waals surface area contributed by atoms with Crippen LogP contribution >= 0.6 is 0 Å². The van der Waals surface area contributed by atoms with E-state index in [1.807, 2.05) is 65.6 Å². The number of methoxy groups -OCH3 is 1. The van der Waals surface area contributed by atoms with Crippen molar-refractivity contribution in [2.45, 2.75) is 13.5 Å². The van der Waals surface area contributed by atoms with Gasteiger partial charge in [-0.1, -0.05) is 31.2 Å². The molecule has 0 aliphatic rings. The summed E-state index contributed by atoms with van der Waals surface area (Å²) < 4.78 is 13.2. The highest BCUT2D eigenvalue weighted by Crippen LogP contribution is 2.30. The number of likely N-dealkylation sites (N-methyl/N-ethyl adjacent to an activating group) is 1. The molecule has 32 heavy (non-hydrogen) atoms. The third-order valence-electron chi connectivity index (χ3n) is 5.45. The summed E-state index contributed by atoms with van der Waals surface area (Å²) in [6, 6.07) is 16.9. The molecule has 4 rings (SSSR count). The molecule has 0 bridgehead atoms. The van der Waals surface area contributed by atoms with E-state index in [0.717, 1.165) is 54.8 Å². The lowest BCUT2D eigenvalue weighted by Crippen LogP contribution is -2.30. The molecule has 0 aliphatic heterocycles. The third-order valence-corrected chi connectivity index (χ3v) is 5.45. The lowest BCUT2D eigenvalue weighted by atomic mass is 10.1. The van der Waals surface area contributed by atoms with Crippen LogP contribution in [0.25, 0.3) is 22.0 Å². The van der Waals surface area contributed by atoms with Crippen LogP contribution in [0.1, 0.15) is 6.92 Å². The Balaban J connectivity index is 1.49. The van der Waals surface area contributed by atoms with Crippen LogP contribution in [0.2, 0.25) is 0 Å². The monoisotopic (exact) mass is 432 g/mol. The molecule has 0 amide bonds. The van der Waals surface area contributed by atoms with Gasteiger partial charge in [-0.25, -0.2) is 0 Å². The molecule has 0 atom stereocenters. The van der Waals surface area contributed by atoms with Crippen molar-refractivity contribution in [2.24, 2.45) is 0 Å². The highest BCUT2D eigenvalue weighted by molar-refractivity contribution is 5.85. The molecule has 0 fully saturated rings. The van der Waals surface area contributed by atoms with Gasteiger partial charge < -0.3 is 14.5 Å². The first-order valence-corrected chi connectivity index (χ1v) is 10.8. The molecule has 7 nitrogen and oxygen atoms in total. The molecule has 2 aromatic carbocycles. The van der Waals surface area contributed by atoms with Crippen LogP contribution in [-0.4, -0.2) is 53.0 Å². The molecule has 2 heterocycles. The average molecular weight is 433 g/mol. The molecule has 166 valence electrons. The third kappa shape index (κ3) is 5.25. The Morgan fingerprint density at radius 2 is 1.94 bits per heavy atom. The molecule has 2 aromatic heterocycles. The average Bonchev–Trinajstić information content (AvgIpc) is 3.28. The van der Waals surface area contributed by atoms with Crippen molar-refractivity contribution in [3.05, 3.63) is 77.3 Å². The zero-order valence-corrected chi connectivity index (χ0v) is 18.5. The number of nitrogens with zero attached hydrogens (tertiary/aromatic N) is 3. The predicted octanol–water partition coefficient (Wildman–Crippen LogP) is 4.15. The van der Waals surface area contributed by atoms with E-state index in [0.29, 0.717) is 11.5 Å². The van der Waals surface area contributed by atoms with E-state index in [2.05, 4.69) is 21.9 Å². The van der Waals surface area contributed by atoms with Gasteiger partial charge in [0.05, 0.1) is 24.9 Å². The van der Waals surface area contributed by atoms with Gasteiger partial charge in [0.1, 0.15) is 11.5 Å². The van der Waals surface area contributed by atoms with Crippen molar-refractivity contribution < 1.29 is 9.47 Å². The lowest BCUT2D eigenvalue weighted by Gasteiger charge is -2.19. The summed E-state index contributed by atoms with van der Waals surface area (Å²) in [7, 11) is 1.73. The van der Waals surface area contributed by atoms with Gasteiger partial charge in [-0.15, -0.1) is 0 Å². The predicted molar refractivity (Wildman–Crippen MR) is 126 cm³/mol. The first kappa shape index (κ1) is 21.8. The Morgan fingerprint density at radius 3 is 2.78 bits per heavy atom. The van der Waals surface area contributed by atoms with Crippen molar-refractivity contribution in [2.75, 3.05) is 33.4 Å². The molecule has 1 N–H and O–H groups in total. The summed E-state index contributed by atoms with van der Waals surface area (Å²) in [5.41, 5.74) is 2.59. The van der Waals surface area contributed by atoms with Crippen LogP contribution in [0.15, 0.2) is 71.8 Å². The number of H-pyrrole nitrogens is 1. The van der Waals surface area contributed by atoms with Crippen LogP contribution in [0, 0.1) is 0 Å². The molecule has 0 aliphatic carbocycles. The van der Waals surface area contributed by atoms with Crippen LogP contribution in [0.4, 0.5) is 0 Å². The zero-order chi connectivity index (χ0) is 22.3. The maximum Gasteiger partial charge on any atom is 0.252 e. The van der Waals surface area contributed by atoms with Crippen molar-refractivity contribution in [3.63, 3.8) is 0 Å². The van der Waals surface area contributed by atoms with Gasteiger partial charge in [0.15, 0.2) is 0 Å². The topological polar surface area (TPSA) is 72.4 Å². The summed E-state index contributed by atoms with van der Waals surface area (Å²) in [6.07, 6.45) is 3.92. The van der Waals surface area contributed by atoms with E-state index < -0.39 is 0 Å². The van der Waals surface area contributed by atoms with Crippen LogP contribution in [-0.2, 0) is 11.3 Å². The molecule has 0 unspecified atom stereocenters. The first-order valence-electron chi connectivity index (χ1n) is 10.8. The zero-order valence-electron chi connectivity index (χ0n) is 18.5. The van der Waals surface area contributed by atoms with E-state index >= 15 is 0 Å². The Bertz CT molecular complexity index is 1230. The molecule has 7 heteroatoms. The fourth-order valence-electron chi connectivity index (χ4n) is 3.65. The quantitative estimate of drug-likeness (QED) is 0.408. The molecule has 4 aromatic rings. The molecule has 0 spiro atoms. The number of ether oxygens (including phenoxy) is 2. The van der Waals surface area contributed by atoms with Gasteiger partial charge in [0.25, 0.3) is 5.56 Å². The van der Waals surface area contributed by atoms with Crippen LogP contribution in [0.5, 0.6) is 11.5 Å². The SMILES string of the molecule is CCN(CCOC)CCn1cc(-c2cccc(Oc3cc(=O)[nH]c4ccccc34)c2)cn1. The van der Waals surface area contributed by atoms with E-state index in [1.54, 1.807) is 7.11 Å². The smallest absolute Gasteiger partial charge is 0.252 e. The minimum absolute atomic E-state index is 0.192. The number of pyridine rings is 1. The second-order valence-electron chi connectivity index (χ2n) is 7.59. The number of benzene rings is 2. The number of hydrogen-bond acceptors (Lipinski definition) is 5.